The van der Waals surface area contributed by atoms with E-state index in [-0.39, 0.29) is 25.2 Å². The number of carbonyl (C=O) groups is 1. The molecule has 3 atom stereocenters. The van der Waals surface area contributed by atoms with Gasteiger partial charge in [-0.05, 0) is 12.5 Å². The van der Waals surface area contributed by atoms with Gasteiger partial charge in [0.2, 0.25) is 5.72 Å². The van der Waals surface area contributed by atoms with Crippen molar-refractivity contribution in [3.8, 4) is 0 Å². The fourth-order valence-electron chi connectivity index (χ4n) is 3.64. The van der Waals surface area contributed by atoms with Gasteiger partial charge in [-0.15, -0.1) is 0 Å². The third-order valence-corrected chi connectivity index (χ3v) is 5.32. The van der Waals surface area contributed by atoms with Gasteiger partial charge in [0, 0.05) is 38.3 Å². The fraction of sp³-hybridized carbons (Fsp3) is 0.611. The van der Waals surface area contributed by atoms with Crippen LogP contribution in [0.4, 0.5) is 17.6 Å². The van der Waals surface area contributed by atoms with Crippen molar-refractivity contribution in [2.75, 3.05) is 32.9 Å². The van der Waals surface area contributed by atoms with Gasteiger partial charge in [-0.3, -0.25) is 9.80 Å². The highest BCUT2D eigenvalue weighted by atomic mass is 19.4. The summed E-state index contributed by atoms with van der Waals surface area (Å²) in [5, 5.41) is 3.18. The van der Waals surface area contributed by atoms with Crippen molar-refractivity contribution in [1.29, 1.82) is 0 Å². The van der Waals surface area contributed by atoms with Crippen LogP contribution >= 0.6 is 0 Å². The van der Waals surface area contributed by atoms with E-state index in [1.807, 2.05) is 17.9 Å². The maximum absolute atomic E-state index is 14.2. The average Bonchev–Trinajstić information content (AvgIpc) is 2.62. The number of hydrogen-bond donors (Lipinski definition) is 1. The number of nitrogens with zero attached hydrogens (tertiary/aromatic N) is 2. The number of alkyl halides is 4. The molecule has 0 aliphatic carbocycles. The van der Waals surface area contributed by atoms with E-state index in [1.165, 1.54) is 4.90 Å². The van der Waals surface area contributed by atoms with Crippen molar-refractivity contribution in [3.05, 3.63) is 35.9 Å². The first-order valence-corrected chi connectivity index (χ1v) is 8.88. The SMILES string of the molecule is C[C@H]1NC[C@H]1N1CCN(Cc2ccccc2)[C@](CF)(OC(=O)C(F)(F)F)C1. The van der Waals surface area contributed by atoms with Crippen LogP contribution in [0.25, 0.3) is 0 Å². The Labute approximate surface area is 155 Å². The zero-order valence-corrected chi connectivity index (χ0v) is 15.0. The molecular formula is C18H23F4N3O2. The topological polar surface area (TPSA) is 44.8 Å². The number of esters is 1. The molecule has 9 heteroatoms. The molecule has 2 fully saturated rings. The van der Waals surface area contributed by atoms with Gasteiger partial charge in [-0.25, -0.2) is 9.18 Å². The molecule has 1 N–H and O–H groups in total. The lowest BCUT2D eigenvalue weighted by Gasteiger charge is -2.53. The Morgan fingerprint density at radius 3 is 2.52 bits per heavy atom. The molecule has 1 aromatic rings. The predicted octanol–water partition coefficient (Wildman–Crippen LogP) is 1.94. The van der Waals surface area contributed by atoms with Gasteiger partial charge in [0.25, 0.3) is 0 Å². The molecular weight excluding hydrogens is 366 g/mol. The Bertz CT molecular complexity index is 658. The van der Waals surface area contributed by atoms with E-state index < -0.39 is 24.5 Å². The van der Waals surface area contributed by atoms with Gasteiger partial charge in [0.15, 0.2) is 0 Å². The molecule has 3 rings (SSSR count). The van der Waals surface area contributed by atoms with Gasteiger partial charge in [0.1, 0.15) is 6.67 Å². The van der Waals surface area contributed by atoms with Crippen LogP contribution in [0.5, 0.6) is 0 Å². The summed E-state index contributed by atoms with van der Waals surface area (Å²) >= 11 is 0. The smallest absolute Gasteiger partial charge is 0.433 e. The lowest BCUT2D eigenvalue weighted by atomic mass is 9.96. The quantitative estimate of drug-likeness (QED) is 0.616. The summed E-state index contributed by atoms with van der Waals surface area (Å²) in [5.41, 5.74) is -1.15. The van der Waals surface area contributed by atoms with E-state index in [1.54, 1.807) is 24.3 Å². The third-order valence-electron chi connectivity index (χ3n) is 5.32. The summed E-state index contributed by atoms with van der Waals surface area (Å²) in [7, 11) is 0. The second-order valence-electron chi connectivity index (χ2n) is 7.11. The van der Waals surface area contributed by atoms with Gasteiger partial charge in [-0.2, -0.15) is 13.2 Å². The van der Waals surface area contributed by atoms with Crippen molar-refractivity contribution < 1.29 is 27.1 Å². The number of benzene rings is 1. The summed E-state index contributed by atoms with van der Waals surface area (Å²) in [6.07, 6.45) is -5.17. The van der Waals surface area contributed by atoms with E-state index >= 15 is 0 Å². The molecule has 0 radical (unpaired) electrons. The van der Waals surface area contributed by atoms with Crippen LogP contribution in [0.1, 0.15) is 12.5 Å². The number of halogens is 4. The molecule has 2 heterocycles. The lowest BCUT2D eigenvalue weighted by molar-refractivity contribution is -0.248. The lowest BCUT2D eigenvalue weighted by Crippen LogP contribution is -2.72. The third kappa shape index (κ3) is 4.25. The molecule has 27 heavy (non-hydrogen) atoms. The Hall–Kier alpha value is -1.71. The first-order chi connectivity index (χ1) is 12.7. The summed E-state index contributed by atoms with van der Waals surface area (Å²) in [5.74, 6) is -2.36. The summed E-state index contributed by atoms with van der Waals surface area (Å²) in [6.45, 7) is 2.38. The number of rotatable bonds is 5. The zero-order valence-electron chi connectivity index (χ0n) is 15.0. The second kappa shape index (κ2) is 7.73. The highest BCUT2D eigenvalue weighted by Gasteiger charge is 2.53. The Morgan fingerprint density at radius 2 is 2.00 bits per heavy atom. The summed E-state index contributed by atoms with van der Waals surface area (Å²) in [6, 6.07) is 9.26. The van der Waals surface area contributed by atoms with Gasteiger partial charge >= 0.3 is 12.1 Å². The number of carbonyl (C=O) groups excluding carboxylic acids is 1. The summed E-state index contributed by atoms with van der Waals surface area (Å²) in [4.78, 5) is 15.0. The minimum atomic E-state index is -5.17. The molecule has 2 aliphatic heterocycles. The molecule has 2 saturated heterocycles. The molecule has 2 aliphatic rings. The highest BCUT2D eigenvalue weighted by Crippen LogP contribution is 2.31. The Morgan fingerprint density at radius 1 is 1.30 bits per heavy atom. The molecule has 0 amide bonds. The molecule has 5 nitrogen and oxygen atoms in total. The van der Waals surface area contributed by atoms with Crippen LogP contribution < -0.4 is 5.32 Å². The summed E-state index contributed by atoms with van der Waals surface area (Å²) < 4.78 is 57.4. The van der Waals surface area contributed by atoms with Crippen molar-refractivity contribution in [2.24, 2.45) is 0 Å². The minimum absolute atomic E-state index is 0.0828. The van der Waals surface area contributed by atoms with E-state index in [0.29, 0.717) is 19.6 Å². The van der Waals surface area contributed by atoms with Crippen LogP contribution in [-0.2, 0) is 16.1 Å². The molecule has 0 spiro atoms. The van der Waals surface area contributed by atoms with Crippen molar-refractivity contribution in [3.63, 3.8) is 0 Å². The van der Waals surface area contributed by atoms with Crippen molar-refractivity contribution >= 4 is 5.97 Å². The molecule has 1 aromatic carbocycles. The van der Waals surface area contributed by atoms with Crippen molar-refractivity contribution in [1.82, 2.24) is 15.1 Å². The van der Waals surface area contributed by atoms with Gasteiger partial charge < -0.3 is 10.1 Å². The van der Waals surface area contributed by atoms with Gasteiger partial charge in [-0.1, -0.05) is 30.3 Å². The minimum Gasteiger partial charge on any atom is -0.433 e. The molecule has 150 valence electrons. The molecule has 0 unspecified atom stereocenters. The monoisotopic (exact) mass is 389 g/mol. The second-order valence-corrected chi connectivity index (χ2v) is 7.11. The number of nitrogens with one attached hydrogen (secondary N) is 1. The largest absolute Gasteiger partial charge is 0.490 e. The first-order valence-electron chi connectivity index (χ1n) is 8.88. The Kier molecular flexibility index (Phi) is 5.73. The van der Waals surface area contributed by atoms with Crippen molar-refractivity contribution in [2.45, 2.75) is 37.5 Å². The number of ether oxygens (including phenoxy) is 1. The van der Waals surface area contributed by atoms with Crippen LogP contribution in [0, 0.1) is 0 Å². The molecule has 0 aromatic heterocycles. The normalized spacial score (nSPS) is 30.0. The number of piperazine rings is 1. The van der Waals surface area contributed by atoms with E-state index in [2.05, 4.69) is 5.32 Å². The van der Waals surface area contributed by atoms with Crippen LogP contribution in [-0.4, -0.2) is 72.6 Å². The van der Waals surface area contributed by atoms with E-state index in [0.717, 1.165) is 5.56 Å². The van der Waals surface area contributed by atoms with Crippen LogP contribution in [0.3, 0.4) is 0 Å². The van der Waals surface area contributed by atoms with E-state index in [9.17, 15) is 22.4 Å². The highest BCUT2D eigenvalue weighted by molar-refractivity contribution is 5.76. The van der Waals surface area contributed by atoms with Crippen LogP contribution in [0.15, 0.2) is 30.3 Å². The van der Waals surface area contributed by atoms with Gasteiger partial charge in [0.05, 0.1) is 6.54 Å². The molecule has 0 bridgehead atoms. The van der Waals surface area contributed by atoms with E-state index in [4.69, 9.17) is 4.74 Å². The predicted molar refractivity (Wildman–Crippen MR) is 90.5 cm³/mol. The fourth-order valence-corrected chi connectivity index (χ4v) is 3.64. The van der Waals surface area contributed by atoms with Crippen LogP contribution in [0.2, 0.25) is 0 Å². The molecule has 0 saturated carbocycles. The standard InChI is InChI=1S/C18H23F4N3O2/c1-13-15(9-23-13)24-7-8-25(10-14-5-3-2-4-6-14)17(11-19,12-24)27-16(26)18(20,21)22/h2-6,13,15,23H,7-12H2,1H3/t13-,15-,17-/m1/s1. The average molecular weight is 389 g/mol. The Balaban J connectivity index is 1.84. The maximum Gasteiger partial charge on any atom is 0.490 e. The zero-order chi connectivity index (χ0) is 19.7. The number of hydrogen-bond acceptors (Lipinski definition) is 5. The maximum atomic E-state index is 14.2. The first kappa shape index (κ1) is 20.0.